The molecule has 0 fully saturated rings. The van der Waals surface area contributed by atoms with Crippen molar-refractivity contribution in [3.8, 4) is 0 Å². The van der Waals surface area contributed by atoms with Crippen molar-refractivity contribution < 1.29 is 0 Å². The standard InChI is InChI=1S/C14H21N3/c1-9(2)12(8-15-4)11-5-6-13-14(7-11)17-10(3)16-13/h5-7,9,12,15H,8H2,1-4H3,(H,16,17). The molecule has 1 atom stereocenters. The molecule has 3 heteroatoms. The van der Waals surface area contributed by atoms with Crippen LogP contribution in [0.25, 0.3) is 11.0 Å². The number of aryl methyl sites for hydroxylation is 1. The first-order valence-electron chi connectivity index (χ1n) is 6.22. The average molecular weight is 231 g/mol. The Kier molecular flexibility index (Phi) is 3.48. The number of hydrogen-bond acceptors (Lipinski definition) is 2. The van der Waals surface area contributed by atoms with E-state index in [0.29, 0.717) is 11.8 Å². The highest BCUT2D eigenvalue weighted by molar-refractivity contribution is 5.76. The SMILES string of the molecule is CNCC(c1ccc2nc(C)[nH]c2c1)C(C)C. The molecule has 0 spiro atoms. The third-order valence-electron chi connectivity index (χ3n) is 3.28. The van der Waals surface area contributed by atoms with Gasteiger partial charge in [0.05, 0.1) is 11.0 Å². The topological polar surface area (TPSA) is 40.7 Å². The van der Waals surface area contributed by atoms with Crippen LogP contribution in [-0.2, 0) is 0 Å². The van der Waals surface area contributed by atoms with Gasteiger partial charge in [-0.3, -0.25) is 0 Å². The Morgan fingerprint density at radius 2 is 2.12 bits per heavy atom. The van der Waals surface area contributed by atoms with Gasteiger partial charge in [0, 0.05) is 6.54 Å². The first-order valence-corrected chi connectivity index (χ1v) is 6.22. The van der Waals surface area contributed by atoms with Gasteiger partial charge in [-0.15, -0.1) is 0 Å². The number of H-pyrrole nitrogens is 1. The third-order valence-corrected chi connectivity index (χ3v) is 3.28. The summed E-state index contributed by atoms with van der Waals surface area (Å²) >= 11 is 0. The van der Waals surface area contributed by atoms with Gasteiger partial charge in [0.25, 0.3) is 0 Å². The predicted molar refractivity (Wildman–Crippen MR) is 72.3 cm³/mol. The molecular formula is C14H21N3. The lowest BCUT2D eigenvalue weighted by atomic mass is 9.88. The minimum absolute atomic E-state index is 0.549. The number of benzene rings is 1. The second-order valence-electron chi connectivity index (χ2n) is 5.01. The summed E-state index contributed by atoms with van der Waals surface area (Å²) in [5.41, 5.74) is 3.57. The second kappa shape index (κ2) is 4.88. The molecule has 0 aliphatic rings. The normalized spacial score (nSPS) is 13.5. The zero-order valence-corrected chi connectivity index (χ0v) is 11.0. The highest BCUT2D eigenvalue weighted by atomic mass is 14.9. The summed E-state index contributed by atoms with van der Waals surface area (Å²) < 4.78 is 0. The Hall–Kier alpha value is -1.35. The molecule has 3 nitrogen and oxygen atoms in total. The predicted octanol–water partition coefficient (Wildman–Crippen LogP) is 2.83. The Morgan fingerprint density at radius 3 is 2.76 bits per heavy atom. The van der Waals surface area contributed by atoms with Gasteiger partial charge in [-0.05, 0) is 43.5 Å². The van der Waals surface area contributed by atoms with Crippen molar-refractivity contribution in [2.24, 2.45) is 5.92 Å². The smallest absolute Gasteiger partial charge is 0.104 e. The third kappa shape index (κ3) is 2.50. The number of aromatic amines is 1. The lowest BCUT2D eigenvalue weighted by Crippen LogP contribution is -2.21. The van der Waals surface area contributed by atoms with E-state index in [-0.39, 0.29) is 0 Å². The van der Waals surface area contributed by atoms with Gasteiger partial charge in [-0.25, -0.2) is 4.98 Å². The molecule has 17 heavy (non-hydrogen) atoms. The van der Waals surface area contributed by atoms with Gasteiger partial charge in [-0.1, -0.05) is 19.9 Å². The van der Waals surface area contributed by atoms with Crippen LogP contribution in [-0.4, -0.2) is 23.6 Å². The van der Waals surface area contributed by atoms with Gasteiger partial charge < -0.3 is 10.3 Å². The fourth-order valence-electron chi connectivity index (χ4n) is 2.34. The number of imidazole rings is 1. The molecule has 0 saturated heterocycles. The second-order valence-corrected chi connectivity index (χ2v) is 5.01. The first-order chi connectivity index (χ1) is 8.11. The summed E-state index contributed by atoms with van der Waals surface area (Å²) in [5, 5.41) is 3.28. The number of rotatable bonds is 4. The molecule has 1 aromatic carbocycles. The largest absolute Gasteiger partial charge is 0.342 e. The Morgan fingerprint density at radius 1 is 1.35 bits per heavy atom. The molecular weight excluding hydrogens is 210 g/mol. The number of aromatic nitrogens is 2. The lowest BCUT2D eigenvalue weighted by Gasteiger charge is -2.21. The first kappa shape index (κ1) is 12.1. The average Bonchev–Trinajstić information content (AvgIpc) is 2.64. The lowest BCUT2D eigenvalue weighted by molar-refractivity contribution is 0.478. The summed E-state index contributed by atoms with van der Waals surface area (Å²) in [4.78, 5) is 7.74. The van der Waals surface area contributed by atoms with E-state index in [1.807, 2.05) is 14.0 Å². The summed E-state index contributed by atoms with van der Waals surface area (Å²) in [6, 6.07) is 6.54. The molecule has 1 aromatic heterocycles. The highest BCUT2D eigenvalue weighted by Crippen LogP contribution is 2.26. The van der Waals surface area contributed by atoms with Crippen molar-refractivity contribution in [2.75, 3.05) is 13.6 Å². The number of nitrogens with zero attached hydrogens (tertiary/aromatic N) is 1. The molecule has 0 amide bonds. The minimum atomic E-state index is 0.549. The van der Waals surface area contributed by atoms with Crippen molar-refractivity contribution in [3.05, 3.63) is 29.6 Å². The van der Waals surface area contributed by atoms with Crippen LogP contribution in [0.4, 0.5) is 0 Å². The number of hydrogen-bond donors (Lipinski definition) is 2. The van der Waals surface area contributed by atoms with Crippen molar-refractivity contribution >= 4 is 11.0 Å². The van der Waals surface area contributed by atoms with Crippen molar-refractivity contribution in [1.29, 1.82) is 0 Å². The molecule has 2 N–H and O–H groups in total. The molecule has 2 rings (SSSR count). The Labute approximate surface area is 103 Å². The highest BCUT2D eigenvalue weighted by Gasteiger charge is 2.15. The van der Waals surface area contributed by atoms with E-state index in [4.69, 9.17) is 0 Å². The van der Waals surface area contributed by atoms with Gasteiger partial charge in [0.1, 0.15) is 5.82 Å². The molecule has 1 heterocycles. The van der Waals surface area contributed by atoms with E-state index in [1.165, 1.54) is 5.56 Å². The number of fused-ring (bicyclic) bond motifs is 1. The van der Waals surface area contributed by atoms with Crippen LogP contribution in [0.2, 0.25) is 0 Å². The summed E-state index contributed by atoms with van der Waals surface area (Å²) in [7, 11) is 2.01. The number of nitrogens with one attached hydrogen (secondary N) is 2. The molecule has 0 saturated carbocycles. The van der Waals surface area contributed by atoms with E-state index >= 15 is 0 Å². The van der Waals surface area contributed by atoms with E-state index < -0.39 is 0 Å². The molecule has 0 aliphatic carbocycles. The summed E-state index contributed by atoms with van der Waals surface area (Å²) in [6.45, 7) is 7.54. The van der Waals surface area contributed by atoms with Crippen LogP contribution in [0.3, 0.4) is 0 Å². The van der Waals surface area contributed by atoms with E-state index in [1.54, 1.807) is 0 Å². The van der Waals surface area contributed by atoms with E-state index in [0.717, 1.165) is 23.4 Å². The molecule has 1 unspecified atom stereocenters. The van der Waals surface area contributed by atoms with Gasteiger partial charge in [0.15, 0.2) is 0 Å². The van der Waals surface area contributed by atoms with Crippen LogP contribution in [0, 0.1) is 12.8 Å². The summed E-state index contributed by atoms with van der Waals surface area (Å²) in [5.74, 6) is 2.16. The van der Waals surface area contributed by atoms with Gasteiger partial charge in [0.2, 0.25) is 0 Å². The maximum absolute atomic E-state index is 4.43. The van der Waals surface area contributed by atoms with Crippen LogP contribution in [0.1, 0.15) is 31.2 Å². The zero-order chi connectivity index (χ0) is 12.4. The fraction of sp³-hybridized carbons (Fsp3) is 0.500. The Balaban J connectivity index is 2.39. The van der Waals surface area contributed by atoms with E-state index in [9.17, 15) is 0 Å². The zero-order valence-electron chi connectivity index (χ0n) is 11.0. The summed E-state index contributed by atoms with van der Waals surface area (Å²) in [6.07, 6.45) is 0. The molecule has 0 aliphatic heterocycles. The van der Waals surface area contributed by atoms with Crippen LogP contribution < -0.4 is 5.32 Å². The van der Waals surface area contributed by atoms with Crippen molar-refractivity contribution in [1.82, 2.24) is 15.3 Å². The van der Waals surface area contributed by atoms with Gasteiger partial charge >= 0.3 is 0 Å². The molecule has 0 bridgehead atoms. The van der Waals surface area contributed by atoms with Crippen molar-refractivity contribution in [2.45, 2.75) is 26.7 Å². The molecule has 0 radical (unpaired) electrons. The van der Waals surface area contributed by atoms with Crippen LogP contribution in [0.5, 0.6) is 0 Å². The van der Waals surface area contributed by atoms with Crippen LogP contribution >= 0.6 is 0 Å². The van der Waals surface area contributed by atoms with Crippen molar-refractivity contribution in [3.63, 3.8) is 0 Å². The fourth-order valence-corrected chi connectivity index (χ4v) is 2.34. The van der Waals surface area contributed by atoms with Crippen LogP contribution in [0.15, 0.2) is 18.2 Å². The minimum Gasteiger partial charge on any atom is -0.342 e. The Bertz CT molecular complexity index is 499. The number of likely N-dealkylation sites (N-methyl/N-ethyl adjacent to an activating group) is 1. The molecule has 92 valence electrons. The quantitative estimate of drug-likeness (QED) is 0.849. The van der Waals surface area contributed by atoms with Gasteiger partial charge in [-0.2, -0.15) is 0 Å². The monoisotopic (exact) mass is 231 g/mol. The maximum Gasteiger partial charge on any atom is 0.104 e. The maximum atomic E-state index is 4.43. The van der Waals surface area contributed by atoms with E-state index in [2.05, 4.69) is 47.3 Å². The molecule has 2 aromatic rings.